The predicted octanol–water partition coefficient (Wildman–Crippen LogP) is 1.74. The smallest absolute Gasteiger partial charge is 0.317 e. The molecule has 5 heteroatoms. The molecule has 1 atom stereocenters. The van der Waals surface area contributed by atoms with E-state index in [1.807, 2.05) is 29.2 Å². The highest BCUT2D eigenvalue weighted by atomic mass is 16.2. The molecule has 2 aromatic rings. The van der Waals surface area contributed by atoms with Crippen molar-refractivity contribution in [1.29, 1.82) is 0 Å². The fraction of sp³-hybridized carbons (Fsp3) is 0.375. The number of fused-ring (bicyclic) bond motifs is 1. The van der Waals surface area contributed by atoms with Crippen LogP contribution >= 0.6 is 0 Å². The van der Waals surface area contributed by atoms with E-state index < -0.39 is 0 Å². The van der Waals surface area contributed by atoms with Crippen molar-refractivity contribution in [3.8, 4) is 0 Å². The van der Waals surface area contributed by atoms with Crippen LogP contribution in [0.15, 0.2) is 36.5 Å². The monoisotopic (exact) mass is 284 g/mol. The first kappa shape index (κ1) is 13.8. The molecule has 1 aliphatic heterocycles. The molecule has 0 saturated carbocycles. The summed E-state index contributed by atoms with van der Waals surface area (Å²) in [5.41, 5.74) is 2.06. The highest BCUT2D eigenvalue weighted by Crippen LogP contribution is 2.13. The topological polar surface area (TPSA) is 57.3 Å². The molecule has 0 radical (unpaired) electrons. The molecule has 1 aliphatic rings. The number of hydrogen-bond donors (Lipinski definition) is 2. The summed E-state index contributed by atoms with van der Waals surface area (Å²) in [6, 6.07) is 10.3. The fourth-order valence-electron chi connectivity index (χ4n) is 2.66. The minimum Gasteiger partial charge on any atom is -0.334 e. The van der Waals surface area contributed by atoms with Gasteiger partial charge in [-0.3, -0.25) is 4.98 Å². The van der Waals surface area contributed by atoms with E-state index in [0.29, 0.717) is 6.54 Å². The predicted molar refractivity (Wildman–Crippen MR) is 83.0 cm³/mol. The zero-order valence-corrected chi connectivity index (χ0v) is 12.2. The van der Waals surface area contributed by atoms with Crippen molar-refractivity contribution in [2.45, 2.75) is 19.5 Å². The molecule has 2 heterocycles. The Bertz CT molecular complexity index is 643. The van der Waals surface area contributed by atoms with Gasteiger partial charge >= 0.3 is 6.03 Å². The van der Waals surface area contributed by atoms with Crippen molar-refractivity contribution in [3.63, 3.8) is 0 Å². The van der Waals surface area contributed by atoms with Gasteiger partial charge in [0.2, 0.25) is 0 Å². The highest BCUT2D eigenvalue weighted by molar-refractivity contribution is 5.79. The summed E-state index contributed by atoms with van der Waals surface area (Å²) in [5.74, 6) is 0. The maximum atomic E-state index is 12.2. The van der Waals surface area contributed by atoms with Crippen LogP contribution in [0.1, 0.15) is 12.5 Å². The molecule has 1 aromatic heterocycles. The average molecular weight is 284 g/mol. The first-order valence-corrected chi connectivity index (χ1v) is 7.33. The van der Waals surface area contributed by atoms with E-state index in [1.165, 1.54) is 0 Å². The van der Waals surface area contributed by atoms with Crippen LogP contribution in [0, 0.1) is 0 Å². The van der Waals surface area contributed by atoms with Crippen molar-refractivity contribution in [2.75, 3.05) is 19.6 Å². The minimum absolute atomic E-state index is 0.00952. The molecule has 5 nitrogen and oxygen atoms in total. The minimum atomic E-state index is 0.00952. The zero-order valence-electron chi connectivity index (χ0n) is 12.2. The summed E-state index contributed by atoms with van der Waals surface area (Å²) in [4.78, 5) is 18.4. The Morgan fingerprint density at radius 1 is 1.48 bits per heavy atom. The number of amides is 2. The third-order valence-electron chi connectivity index (χ3n) is 3.87. The number of nitrogens with one attached hydrogen (secondary N) is 2. The van der Waals surface area contributed by atoms with Gasteiger partial charge in [-0.1, -0.05) is 12.1 Å². The average Bonchev–Trinajstić information content (AvgIpc) is 2.53. The van der Waals surface area contributed by atoms with E-state index in [1.54, 1.807) is 6.20 Å². The number of pyridine rings is 1. The largest absolute Gasteiger partial charge is 0.334 e. The van der Waals surface area contributed by atoms with Gasteiger partial charge < -0.3 is 15.5 Å². The lowest BCUT2D eigenvalue weighted by molar-refractivity contribution is 0.164. The van der Waals surface area contributed by atoms with Crippen molar-refractivity contribution >= 4 is 16.9 Å². The third kappa shape index (κ3) is 3.13. The van der Waals surface area contributed by atoms with Crippen LogP contribution in [0.5, 0.6) is 0 Å². The maximum absolute atomic E-state index is 12.2. The van der Waals surface area contributed by atoms with Crippen LogP contribution in [0.25, 0.3) is 10.9 Å². The van der Waals surface area contributed by atoms with Crippen molar-refractivity contribution in [1.82, 2.24) is 20.5 Å². The molecule has 3 rings (SSSR count). The number of hydrogen-bond acceptors (Lipinski definition) is 3. The molecule has 110 valence electrons. The summed E-state index contributed by atoms with van der Waals surface area (Å²) >= 11 is 0. The van der Waals surface area contributed by atoms with E-state index in [-0.39, 0.29) is 12.1 Å². The standard InChI is InChI=1S/C16H20N4O/c1-12-10-17-7-8-20(12)16(21)19-11-13-4-5-15-14(9-13)3-2-6-18-15/h2-6,9,12,17H,7-8,10-11H2,1H3,(H,19,21)/t12-/m0/s1. The van der Waals surface area contributed by atoms with Gasteiger partial charge in [-0.15, -0.1) is 0 Å². The Balaban J connectivity index is 1.64. The van der Waals surface area contributed by atoms with Gasteiger partial charge in [0, 0.05) is 43.8 Å². The number of nitrogens with zero attached hydrogens (tertiary/aromatic N) is 2. The van der Waals surface area contributed by atoms with E-state index in [9.17, 15) is 4.79 Å². The van der Waals surface area contributed by atoms with Crippen molar-refractivity contribution < 1.29 is 4.79 Å². The molecule has 0 spiro atoms. The van der Waals surface area contributed by atoms with Crippen LogP contribution in [0.3, 0.4) is 0 Å². The summed E-state index contributed by atoms with van der Waals surface area (Å²) in [6.45, 7) is 5.08. The molecule has 0 aliphatic carbocycles. The number of aromatic nitrogens is 1. The summed E-state index contributed by atoms with van der Waals surface area (Å²) in [7, 11) is 0. The van der Waals surface area contributed by atoms with E-state index in [4.69, 9.17) is 0 Å². The number of rotatable bonds is 2. The second-order valence-electron chi connectivity index (χ2n) is 5.44. The lowest BCUT2D eigenvalue weighted by Gasteiger charge is -2.33. The van der Waals surface area contributed by atoms with Gasteiger partial charge in [0.25, 0.3) is 0 Å². The van der Waals surface area contributed by atoms with Crippen molar-refractivity contribution in [3.05, 3.63) is 42.1 Å². The van der Waals surface area contributed by atoms with E-state index in [0.717, 1.165) is 36.1 Å². The first-order valence-electron chi connectivity index (χ1n) is 7.33. The summed E-state index contributed by atoms with van der Waals surface area (Å²) < 4.78 is 0. The van der Waals surface area contributed by atoms with Gasteiger partial charge in [-0.25, -0.2) is 4.79 Å². The van der Waals surface area contributed by atoms with Crippen molar-refractivity contribution in [2.24, 2.45) is 0 Å². The maximum Gasteiger partial charge on any atom is 0.317 e. The SMILES string of the molecule is C[C@H]1CNCCN1C(=O)NCc1ccc2ncccc2c1. The lowest BCUT2D eigenvalue weighted by Crippen LogP contribution is -2.55. The summed E-state index contributed by atoms with van der Waals surface area (Å²) in [5, 5.41) is 7.38. The molecule has 0 unspecified atom stereocenters. The number of urea groups is 1. The molecule has 2 amide bonds. The van der Waals surface area contributed by atoms with Gasteiger partial charge in [-0.2, -0.15) is 0 Å². The molecular formula is C16H20N4O. The highest BCUT2D eigenvalue weighted by Gasteiger charge is 2.22. The molecule has 1 saturated heterocycles. The van der Waals surface area contributed by atoms with Crippen LogP contribution in [-0.4, -0.2) is 41.6 Å². The van der Waals surface area contributed by atoms with Crippen LogP contribution < -0.4 is 10.6 Å². The lowest BCUT2D eigenvalue weighted by atomic mass is 10.1. The fourth-order valence-corrected chi connectivity index (χ4v) is 2.66. The normalized spacial score (nSPS) is 18.7. The van der Waals surface area contributed by atoms with Gasteiger partial charge in [-0.05, 0) is 30.7 Å². The second-order valence-corrected chi connectivity index (χ2v) is 5.44. The van der Waals surface area contributed by atoms with Gasteiger partial charge in [0.05, 0.1) is 5.52 Å². The van der Waals surface area contributed by atoms with Crippen LogP contribution in [0.4, 0.5) is 4.79 Å². The van der Waals surface area contributed by atoms with Gasteiger partial charge in [0.15, 0.2) is 0 Å². The quantitative estimate of drug-likeness (QED) is 0.883. The Morgan fingerprint density at radius 3 is 3.24 bits per heavy atom. The molecule has 2 N–H and O–H groups in total. The number of carbonyl (C=O) groups is 1. The number of carbonyl (C=O) groups excluding carboxylic acids is 1. The zero-order chi connectivity index (χ0) is 14.7. The van der Waals surface area contributed by atoms with E-state index in [2.05, 4.69) is 28.6 Å². The Labute approximate surface area is 124 Å². The Hall–Kier alpha value is -2.14. The number of piperazine rings is 1. The van der Waals surface area contributed by atoms with E-state index >= 15 is 0 Å². The molecule has 1 fully saturated rings. The Morgan fingerprint density at radius 2 is 2.38 bits per heavy atom. The molecule has 21 heavy (non-hydrogen) atoms. The molecule has 0 bridgehead atoms. The Kier molecular flexibility index (Phi) is 4.01. The number of benzene rings is 1. The molecule has 1 aromatic carbocycles. The summed E-state index contributed by atoms with van der Waals surface area (Å²) in [6.07, 6.45) is 1.79. The van der Waals surface area contributed by atoms with Gasteiger partial charge in [0.1, 0.15) is 0 Å². The molecular weight excluding hydrogens is 264 g/mol. The second kappa shape index (κ2) is 6.10. The van der Waals surface area contributed by atoms with Crippen LogP contribution in [-0.2, 0) is 6.54 Å². The third-order valence-corrected chi connectivity index (χ3v) is 3.87. The van der Waals surface area contributed by atoms with Crippen LogP contribution in [0.2, 0.25) is 0 Å². The first-order chi connectivity index (χ1) is 10.2.